The smallest absolute Gasteiger partial charge is 0.260 e. The first-order valence-corrected chi connectivity index (χ1v) is 7.56. The summed E-state index contributed by atoms with van der Waals surface area (Å²) in [5.74, 6) is -0.799. The highest BCUT2D eigenvalue weighted by molar-refractivity contribution is 6.05. The molecule has 26 heavy (non-hydrogen) atoms. The van der Waals surface area contributed by atoms with E-state index >= 15 is 0 Å². The van der Waals surface area contributed by atoms with Crippen LogP contribution in [0.15, 0.2) is 48.7 Å². The minimum Gasteiger partial charge on any atom is -0.497 e. The average Bonchev–Trinajstić information content (AvgIpc) is 3.09. The van der Waals surface area contributed by atoms with Gasteiger partial charge in [-0.05, 0) is 24.3 Å². The lowest BCUT2D eigenvalue weighted by Crippen LogP contribution is -2.14. The van der Waals surface area contributed by atoms with Crippen LogP contribution in [0.3, 0.4) is 0 Å². The maximum absolute atomic E-state index is 13.8. The van der Waals surface area contributed by atoms with Crippen LogP contribution in [0, 0.1) is 11.6 Å². The molecule has 2 aromatic carbocycles. The van der Waals surface area contributed by atoms with E-state index in [4.69, 9.17) is 9.47 Å². The Bertz CT molecular complexity index is 957. The third-order valence-corrected chi connectivity index (χ3v) is 3.64. The van der Waals surface area contributed by atoms with E-state index in [0.29, 0.717) is 11.5 Å². The van der Waals surface area contributed by atoms with E-state index in [1.165, 1.54) is 37.2 Å². The van der Waals surface area contributed by atoms with E-state index in [-0.39, 0.29) is 17.1 Å². The van der Waals surface area contributed by atoms with Gasteiger partial charge in [-0.25, -0.2) is 13.5 Å². The molecule has 3 aromatic rings. The monoisotopic (exact) mass is 359 g/mol. The van der Waals surface area contributed by atoms with Gasteiger partial charge < -0.3 is 14.8 Å². The van der Waals surface area contributed by atoms with Crippen molar-refractivity contribution in [1.29, 1.82) is 0 Å². The summed E-state index contributed by atoms with van der Waals surface area (Å²) in [6.07, 6.45) is 1.46. The van der Waals surface area contributed by atoms with Crippen LogP contribution in [0.4, 0.5) is 14.6 Å². The molecule has 0 spiro atoms. The van der Waals surface area contributed by atoms with Crippen molar-refractivity contribution in [1.82, 2.24) is 9.78 Å². The topological polar surface area (TPSA) is 65.4 Å². The molecule has 1 aromatic heterocycles. The molecule has 8 heteroatoms. The number of hydrogen-bond acceptors (Lipinski definition) is 4. The lowest BCUT2D eigenvalue weighted by molar-refractivity contribution is 0.102. The molecule has 0 bridgehead atoms. The van der Waals surface area contributed by atoms with Gasteiger partial charge in [0.25, 0.3) is 5.91 Å². The maximum atomic E-state index is 13.8. The minimum absolute atomic E-state index is 0.0638. The fourth-order valence-corrected chi connectivity index (χ4v) is 2.36. The molecule has 0 unspecified atom stereocenters. The van der Waals surface area contributed by atoms with Gasteiger partial charge in [0.1, 0.15) is 23.0 Å². The number of ether oxygens (including phenoxy) is 2. The van der Waals surface area contributed by atoms with Gasteiger partial charge in [0, 0.05) is 24.4 Å². The van der Waals surface area contributed by atoms with Crippen molar-refractivity contribution in [2.24, 2.45) is 0 Å². The Balaban J connectivity index is 1.82. The molecule has 1 amide bonds. The van der Waals surface area contributed by atoms with E-state index in [9.17, 15) is 13.6 Å². The number of halogens is 2. The Morgan fingerprint density at radius 3 is 2.58 bits per heavy atom. The van der Waals surface area contributed by atoms with E-state index in [0.717, 1.165) is 12.1 Å². The van der Waals surface area contributed by atoms with Crippen LogP contribution in [-0.4, -0.2) is 29.9 Å². The predicted octanol–water partition coefficient (Wildman–Crippen LogP) is 3.42. The molecule has 0 aliphatic rings. The Labute approximate surface area is 148 Å². The average molecular weight is 359 g/mol. The van der Waals surface area contributed by atoms with E-state index in [1.807, 2.05) is 0 Å². The molecule has 1 heterocycles. The highest BCUT2D eigenvalue weighted by Gasteiger charge is 2.15. The van der Waals surface area contributed by atoms with Crippen molar-refractivity contribution in [2.75, 3.05) is 19.5 Å². The van der Waals surface area contributed by atoms with Crippen LogP contribution in [0.2, 0.25) is 0 Å². The van der Waals surface area contributed by atoms with Gasteiger partial charge in [-0.1, -0.05) is 0 Å². The molecule has 134 valence electrons. The molecule has 0 aliphatic heterocycles. The summed E-state index contributed by atoms with van der Waals surface area (Å²) in [7, 11) is 2.95. The molecule has 1 N–H and O–H groups in total. The van der Waals surface area contributed by atoms with Crippen LogP contribution < -0.4 is 14.8 Å². The van der Waals surface area contributed by atoms with E-state index < -0.39 is 17.5 Å². The first-order valence-electron chi connectivity index (χ1n) is 7.56. The van der Waals surface area contributed by atoms with Crippen molar-refractivity contribution in [3.63, 3.8) is 0 Å². The summed E-state index contributed by atoms with van der Waals surface area (Å²) in [5, 5.41) is 6.69. The number of benzene rings is 2. The quantitative estimate of drug-likeness (QED) is 0.758. The number of anilines is 1. The van der Waals surface area contributed by atoms with E-state index in [2.05, 4.69) is 10.4 Å². The summed E-state index contributed by atoms with van der Waals surface area (Å²) in [6, 6.07) is 9.42. The fourth-order valence-electron chi connectivity index (χ4n) is 2.36. The van der Waals surface area contributed by atoms with Gasteiger partial charge in [-0.3, -0.25) is 4.79 Å². The van der Waals surface area contributed by atoms with Crippen molar-refractivity contribution in [3.8, 4) is 17.2 Å². The Morgan fingerprint density at radius 2 is 1.88 bits per heavy atom. The summed E-state index contributed by atoms with van der Waals surface area (Å²) in [4.78, 5) is 12.4. The van der Waals surface area contributed by atoms with Gasteiger partial charge in [-0.2, -0.15) is 0 Å². The second-order valence-corrected chi connectivity index (χ2v) is 5.26. The maximum Gasteiger partial charge on any atom is 0.260 e. The fraction of sp³-hybridized carbons (Fsp3) is 0.111. The van der Waals surface area contributed by atoms with Crippen molar-refractivity contribution in [2.45, 2.75) is 0 Å². The summed E-state index contributed by atoms with van der Waals surface area (Å²) < 4.78 is 38.3. The molecular weight excluding hydrogens is 344 g/mol. The van der Waals surface area contributed by atoms with Crippen LogP contribution >= 0.6 is 0 Å². The first-order chi connectivity index (χ1) is 12.5. The summed E-state index contributed by atoms with van der Waals surface area (Å²) in [5.41, 5.74) is 0.352. The van der Waals surface area contributed by atoms with Gasteiger partial charge in [0.15, 0.2) is 11.6 Å². The highest BCUT2D eigenvalue weighted by atomic mass is 19.1. The number of hydrogen-bond donors (Lipinski definition) is 1. The second kappa shape index (κ2) is 7.22. The van der Waals surface area contributed by atoms with Gasteiger partial charge in [0.2, 0.25) is 0 Å². The van der Waals surface area contributed by atoms with Gasteiger partial charge in [0.05, 0.1) is 19.8 Å². The Morgan fingerprint density at radius 1 is 1.08 bits per heavy atom. The Hall–Kier alpha value is -3.42. The number of nitrogens with one attached hydrogen (secondary N) is 1. The Kier molecular flexibility index (Phi) is 4.83. The molecule has 0 aliphatic carbocycles. The third kappa shape index (κ3) is 3.49. The van der Waals surface area contributed by atoms with Crippen molar-refractivity contribution < 1.29 is 23.0 Å². The van der Waals surface area contributed by atoms with Crippen molar-refractivity contribution in [3.05, 3.63) is 65.9 Å². The first kappa shape index (κ1) is 17.4. The second-order valence-electron chi connectivity index (χ2n) is 5.26. The van der Waals surface area contributed by atoms with Crippen LogP contribution in [-0.2, 0) is 0 Å². The lowest BCUT2D eigenvalue weighted by atomic mass is 10.1. The van der Waals surface area contributed by atoms with Crippen LogP contribution in [0.5, 0.6) is 11.5 Å². The number of amides is 1. The standard InChI is InChI=1S/C18H15F2N3O3/c1-25-12-4-5-13(16(10-12)26-2)18(24)21-17-7-8-23(22-17)15-6-3-11(19)9-14(15)20/h3-10H,1-2H3,(H,21,22,24). The zero-order valence-corrected chi connectivity index (χ0v) is 14.0. The number of carbonyl (C=O) groups excluding carboxylic acids is 1. The number of nitrogens with zero attached hydrogens (tertiary/aromatic N) is 2. The predicted molar refractivity (Wildman–Crippen MR) is 91.0 cm³/mol. The highest BCUT2D eigenvalue weighted by Crippen LogP contribution is 2.25. The third-order valence-electron chi connectivity index (χ3n) is 3.64. The molecule has 0 radical (unpaired) electrons. The zero-order chi connectivity index (χ0) is 18.7. The molecule has 6 nitrogen and oxygen atoms in total. The summed E-state index contributed by atoms with van der Waals surface area (Å²) in [6.45, 7) is 0. The largest absolute Gasteiger partial charge is 0.497 e. The van der Waals surface area contributed by atoms with Crippen molar-refractivity contribution >= 4 is 11.7 Å². The normalized spacial score (nSPS) is 10.5. The molecule has 3 rings (SSSR count). The van der Waals surface area contributed by atoms with Gasteiger partial charge in [-0.15, -0.1) is 5.10 Å². The molecular formula is C18H15F2N3O3. The summed E-state index contributed by atoms with van der Waals surface area (Å²) >= 11 is 0. The van der Waals surface area contributed by atoms with Crippen LogP contribution in [0.25, 0.3) is 5.69 Å². The SMILES string of the molecule is COc1ccc(C(=O)Nc2ccn(-c3ccc(F)cc3F)n2)c(OC)c1. The lowest BCUT2D eigenvalue weighted by Gasteiger charge is -2.09. The molecule has 0 saturated carbocycles. The minimum atomic E-state index is -0.761. The number of aromatic nitrogens is 2. The van der Waals surface area contributed by atoms with Crippen LogP contribution in [0.1, 0.15) is 10.4 Å². The van der Waals surface area contributed by atoms with Gasteiger partial charge >= 0.3 is 0 Å². The zero-order valence-electron chi connectivity index (χ0n) is 14.0. The number of carbonyl (C=O) groups is 1. The molecule has 0 fully saturated rings. The molecule has 0 saturated heterocycles. The molecule has 0 atom stereocenters. The number of methoxy groups -OCH3 is 2. The van der Waals surface area contributed by atoms with E-state index in [1.54, 1.807) is 18.2 Å². The number of rotatable bonds is 5.